The smallest absolute Gasteiger partial charge is 0.410 e. The topological polar surface area (TPSA) is 104 Å². The molecule has 0 bridgehead atoms. The summed E-state index contributed by atoms with van der Waals surface area (Å²) in [6, 6.07) is 4.66. The number of hydrogen-bond acceptors (Lipinski definition) is 9. The number of ether oxygens (including phenoxy) is 2. The molecule has 0 atom stereocenters. The van der Waals surface area contributed by atoms with E-state index in [0.717, 1.165) is 10.2 Å². The van der Waals surface area contributed by atoms with E-state index >= 15 is 0 Å². The van der Waals surface area contributed by atoms with Crippen LogP contribution in [0.3, 0.4) is 0 Å². The van der Waals surface area contributed by atoms with Crippen LogP contribution in [-0.4, -0.2) is 65.9 Å². The molecule has 0 spiro atoms. The molecule has 3 rings (SSSR count). The summed E-state index contributed by atoms with van der Waals surface area (Å²) in [5.74, 6) is -0.561. The van der Waals surface area contributed by atoms with Gasteiger partial charge in [-0.05, 0) is 39.0 Å². The van der Waals surface area contributed by atoms with E-state index in [1.54, 1.807) is 11.0 Å². The van der Waals surface area contributed by atoms with Crippen LogP contribution in [0.25, 0.3) is 0 Å². The highest BCUT2D eigenvalue weighted by atomic mass is 32.2. The summed E-state index contributed by atoms with van der Waals surface area (Å²) in [6.45, 7) is 8.13. The summed E-state index contributed by atoms with van der Waals surface area (Å²) in [7, 11) is 1.49. The number of aromatic carboxylic acids is 1. The normalized spacial score (nSPS) is 14.3. The zero-order valence-corrected chi connectivity index (χ0v) is 19.5. The number of nitrogens with one attached hydrogen (secondary N) is 1. The Balaban J connectivity index is 1.55. The molecule has 1 aromatic carbocycles. The molecule has 1 fully saturated rings. The predicted molar refractivity (Wildman–Crippen MR) is 122 cm³/mol. The molecule has 168 valence electrons. The van der Waals surface area contributed by atoms with Gasteiger partial charge in [-0.1, -0.05) is 0 Å². The molecule has 2 aromatic rings. The number of amides is 1. The van der Waals surface area contributed by atoms with Gasteiger partial charge in [-0.3, -0.25) is 0 Å². The van der Waals surface area contributed by atoms with Gasteiger partial charge in [-0.25, -0.2) is 14.6 Å². The maximum absolute atomic E-state index is 12.2. The van der Waals surface area contributed by atoms with Crippen molar-refractivity contribution >= 4 is 46.2 Å². The third kappa shape index (κ3) is 6.17. The zero-order chi connectivity index (χ0) is 22.6. The Labute approximate surface area is 189 Å². The van der Waals surface area contributed by atoms with Crippen molar-refractivity contribution in [2.75, 3.05) is 42.9 Å². The number of methoxy groups -OCH3 is 1. The molecular weight excluding hydrogens is 440 g/mol. The van der Waals surface area contributed by atoms with E-state index in [-0.39, 0.29) is 11.7 Å². The number of carboxylic acids is 1. The Morgan fingerprint density at radius 1 is 1.23 bits per heavy atom. The summed E-state index contributed by atoms with van der Waals surface area (Å²) in [6.07, 6.45) is -0.283. The van der Waals surface area contributed by atoms with Crippen molar-refractivity contribution in [1.29, 1.82) is 0 Å². The quantitative estimate of drug-likeness (QED) is 0.611. The number of rotatable bonds is 6. The molecule has 9 nitrogen and oxygen atoms in total. The minimum atomic E-state index is -1.01. The van der Waals surface area contributed by atoms with Gasteiger partial charge in [0.05, 0.1) is 18.4 Å². The van der Waals surface area contributed by atoms with Crippen molar-refractivity contribution < 1.29 is 24.2 Å². The minimum absolute atomic E-state index is 0.161. The minimum Gasteiger partial charge on any atom is -0.495 e. The maximum atomic E-state index is 12.2. The molecule has 0 saturated carbocycles. The highest BCUT2D eigenvalue weighted by Crippen LogP contribution is 2.32. The van der Waals surface area contributed by atoms with Gasteiger partial charge in [0.15, 0.2) is 5.13 Å². The average Bonchev–Trinajstić information content (AvgIpc) is 3.20. The lowest BCUT2D eigenvalue weighted by molar-refractivity contribution is 0.0240. The van der Waals surface area contributed by atoms with Crippen LogP contribution in [0.15, 0.2) is 28.6 Å². The number of piperazine rings is 1. The number of hydrogen-bond donors (Lipinski definition) is 2. The number of benzene rings is 1. The summed E-state index contributed by atoms with van der Waals surface area (Å²) >= 11 is 2.86. The Morgan fingerprint density at radius 2 is 1.94 bits per heavy atom. The third-order valence-electron chi connectivity index (χ3n) is 4.39. The van der Waals surface area contributed by atoms with Crippen LogP contribution < -0.4 is 14.4 Å². The van der Waals surface area contributed by atoms with E-state index in [1.165, 1.54) is 42.5 Å². The molecule has 1 aromatic heterocycles. The fourth-order valence-electron chi connectivity index (χ4n) is 2.86. The fraction of sp³-hybridized carbons (Fsp3) is 0.450. The van der Waals surface area contributed by atoms with Crippen LogP contribution in [0.5, 0.6) is 5.75 Å². The van der Waals surface area contributed by atoms with Gasteiger partial charge in [-0.2, -0.15) is 0 Å². The van der Waals surface area contributed by atoms with Gasteiger partial charge < -0.3 is 29.1 Å². The fourth-order valence-corrected chi connectivity index (χ4v) is 4.52. The first-order valence-electron chi connectivity index (χ1n) is 9.69. The predicted octanol–water partition coefficient (Wildman–Crippen LogP) is 4.03. The van der Waals surface area contributed by atoms with E-state index in [1.807, 2.05) is 26.2 Å². The third-order valence-corrected chi connectivity index (χ3v) is 6.18. The molecule has 2 heterocycles. The van der Waals surface area contributed by atoms with E-state index in [4.69, 9.17) is 14.6 Å². The molecule has 2 N–H and O–H groups in total. The van der Waals surface area contributed by atoms with E-state index in [0.29, 0.717) is 37.6 Å². The molecule has 11 heteroatoms. The standard InChI is InChI=1S/C20H26N4O5S2/c1-20(2,3)29-19(27)24-9-7-23(8-10-24)18-21-16(12-30-18)31-22-14-6-5-13(17(25)26)11-15(14)28-4/h5-6,11-12,22H,7-10H2,1-4H3,(H,25,26). The molecule has 1 aliphatic rings. The number of carbonyl (C=O) groups excluding carboxylic acids is 1. The van der Waals surface area contributed by atoms with Crippen molar-refractivity contribution in [3.05, 3.63) is 29.1 Å². The first kappa shape index (κ1) is 23.0. The second-order valence-electron chi connectivity index (χ2n) is 7.85. The number of anilines is 2. The summed E-state index contributed by atoms with van der Waals surface area (Å²) in [5, 5.41) is 12.7. The number of aromatic nitrogens is 1. The van der Waals surface area contributed by atoms with Crippen LogP contribution in [0.1, 0.15) is 31.1 Å². The van der Waals surface area contributed by atoms with Crippen LogP contribution in [0.2, 0.25) is 0 Å². The maximum Gasteiger partial charge on any atom is 0.410 e. The summed E-state index contributed by atoms with van der Waals surface area (Å²) < 4.78 is 13.9. The molecule has 1 aliphatic heterocycles. The van der Waals surface area contributed by atoms with E-state index in [9.17, 15) is 9.59 Å². The highest BCUT2D eigenvalue weighted by Gasteiger charge is 2.26. The van der Waals surface area contributed by atoms with Crippen molar-refractivity contribution in [2.45, 2.75) is 31.4 Å². The number of nitrogens with zero attached hydrogens (tertiary/aromatic N) is 3. The number of carboxylic acid groups (broad SMARTS) is 1. The lowest BCUT2D eigenvalue weighted by Gasteiger charge is -2.35. The number of carbonyl (C=O) groups is 2. The van der Waals surface area contributed by atoms with Gasteiger partial charge in [0.1, 0.15) is 16.4 Å². The summed E-state index contributed by atoms with van der Waals surface area (Å²) in [5.41, 5.74) is 0.325. The summed E-state index contributed by atoms with van der Waals surface area (Å²) in [4.78, 5) is 31.8. The number of thiazole rings is 1. The van der Waals surface area contributed by atoms with Crippen molar-refractivity contribution in [1.82, 2.24) is 9.88 Å². The van der Waals surface area contributed by atoms with Gasteiger partial charge in [-0.15, -0.1) is 11.3 Å². The molecule has 1 saturated heterocycles. The van der Waals surface area contributed by atoms with Crippen molar-refractivity contribution in [2.24, 2.45) is 0 Å². The lowest BCUT2D eigenvalue weighted by Crippen LogP contribution is -2.50. The second-order valence-corrected chi connectivity index (χ2v) is 9.51. The molecule has 31 heavy (non-hydrogen) atoms. The SMILES string of the molecule is COc1cc(C(=O)O)ccc1NSc1csc(N2CCN(C(=O)OC(C)(C)C)CC2)n1. The van der Waals surface area contributed by atoms with Gasteiger partial charge in [0, 0.05) is 43.5 Å². The van der Waals surface area contributed by atoms with Crippen LogP contribution in [-0.2, 0) is 4.74 Å². The molecule has 0 unspecified atom stereocenters. The zero-order valence-electron chi connectivity index (χ0n) is 17.9. The monoisotopic (exact) mass is 466 g/mol. The van der Waals surface area contributed by atoms with E-state index in [2.05, 4.69) is 14.6 Å². The largest absolute Gasteiger partial charge is 0.495 e. The molecular formula is C20H26N4O5S2. The molecule has 0 radical (unpaired) electrons. The van der Waals surface area contributed by atoms with Crippen LogP contribution >= 0.6 is 23.3 Å². The highest BCUT2D eigenvalue weighted by molar-refractivity contribution is 8.00. The Morgan fingerprint density at radius 3 is 2.55 bits per heavy atom. The Kier molecular flexibility index (Phi) is 7.16. The van der Waals surface area contributed by atoms with Crippen LogP contribution in [0.4, 0.5) is 15.6 Å². The van der Waals surface area contributed by atoms with Crippen molar-refractivity contribution in [3.63, 3.8) is 0 Å². The lowest BCUT2D eigenvalue weighted by atomic mass is 10.2. The first-order valence-corrected chi connectivity index (χ1v) is 11.4. The second kappa shape index (κ2) is 9.65. The van der Waals surface area contributed by atoms with Crippen molar-refractivity contribution in [3.8, 4) is 5.75 Å². The Hall–Kier alpha value is -2.66. The van der Waals surface area contributed by atoms with E-state index < -0.39 is 11.6 Å². The van der Waals surface area contributed by atoms with Gasteiger partial charge in [0.2, 0.25) is 0 Å². The Bertz CT molecular complexity index is 936. The average molecular weight is 467 g/mol. The first-order chi connectivity index (χ1) is 14.7. The molecule has 1 amide bonds. The van der Waals surface area contributed by atoms with Crippen LogP contribution in [0, 0.1) is 0 Å². The van der Waals surface area contributed by atoms with Gasteiger partial charge in [0.25, 0.3) is 0 Å². The molecule has 0 aliphatic carbocycles. The van der Waals surface area contributed by atoms with Gasteiger partial charge >= 0.3 is 12.1 Å².